The van der Waals surface area contributed by atoms with Gasteiger partial charge in [-0.05, 0) is 18.2 Å². The van der Waals surface area contributed by atoms with Crippen LogP contribution in [0.4, 0.5) is 5.69 Å². The van der Waals surface area contributed by atoms with Crippen molar-refractivity contribution in [2.24, 2.45) is 12.8 Å². The van der Waals surface area contributed by atoms with E-state index in [-0.39, 0.29) is 5.84 Å². The van der Waals surface area contributed by atoms with Crippen molar-refractivity contribution in [1.82, 2.24) is 9.55 Å². The van der Waals surface area contributed by atoms with Gasteiger partial charge >= 0.3 is 0 Å². The Kier molecular flexibility index (Phi) is 3.76. The normalized spacial score (nSPS) is 10.5. The first-order valence-corrected chi connectivity index (χ1v) is 6.18. The number of halogens is 1. The standard InChI is InChI=1S/C13H16ClN5/c1-18-6-5-17-12(18)8-19(2)11-4-3-9(14)7-10(11)13(15)16/h3-7H,8H2,1-2H3,(H3,15,16). The van der Waals surface area contributed by atoms with Crippen molar-refractivity contribution in [2.45, 2.75) is 6.54 Å². The Hall–Kier alpha value is -2.01. The third-order valence-corrected chi connectivity index (χ3v) is 3.19. The predicted molar refractivity (Wildman–Crippen MR) is 77.8 cm³/mol. The number of nitrogens with zero attached hydrogens (tertiary/aromatic N) is 3. The third kappa shape index (κ3) is 2.88. The number of aryl methyl sites for hydroxylation is 1. The first kappa shape index (κ1) is 13.4. The van der Waals surface area contributed by atoms with E-state index in [1.165, 1.54) is 0 Å². The molecule has 0 saturated heterocycles. The second-order valence-corrected chi connectivity index (χ2v) is 4.82. The molecule has 0 radical (unpaired) electrons. The van der Waals surface area contributed by atoms with Crippen LogP contribution in [0.15, 0.2) is 30.6 Å². The maximum absolute atomic E-state index is 7.63. The summed E-state index contributed by atoms with van der Waals surface area (Å²) in [6, 6.07) is 5.36. The molecule has 2 rings (SSSR count). The minimum absolute atomic E-state index is 0.00388. The second-order valence-electron chi connectivity index (χ2n) is 4.39. The highest BCUT2D eigenvalue weighted by atomic mass is 35.5. The van der Waals surface area contributed by atoms with Crippen molar-refractivity contribution in [2.75, 3.05) is 11.9 Å². The van der Waals surface area contributed by atoms with Gasteiger partial charge in [-0.25, -0.2) is 4.98 Å². The van der Waals surface area contributed by atoms with E-state index in [2.05, 4.69) is 4.98 Å². The fourth-order valence-electron chi connectivity index (χ4n) is 1.90. The Morgan fingerprint density at radius 1 is 1.53 bits per heavy atom. The van der Waals surface area contributed by atoms with Crippen LogP contribution >= 0.6 is 11.6 Å². The summed E-state index contributed by atoms with van der Waals surface area (Å²) < 4.78 is 1.96. The summed E-state index contributed by atoms with van der Waals surface area (Å²) in [4.78, 5) is 6.28. The molecule has 1 aromatic carbocycles. The fourth-order valence-corrected chi connectivity index (χ4v) is 2.08. The van der Waals surface area contributed by atoms with Crippen molar-refractivity contribution in [3.05, 3.63) is 47.0 Å². The van der Waals surface area contributed by atoms with Gasteiger partial charge in [-0.1, -0.05) is 11.6 Å². The highest BCUT2D eigenvalue weighted by Crippen LogP contribution is 2.24. The lowest BCUT2D eigenvalue weighted by atomic mass is 10.1. The molecule has 0 amide bonds. The molecule has 0 spiro atoms. The molecule has 0 bridgehead atoms. The number of nitrogens with one attached hydrogen (secondary N) is 1. The molecule has 19 heavy (non-hydrogen) atoms. The zero-order valence-corrected chi connectivity index (χ0v) is 11.6. The SMILES string of the molecule is CN(Cc1nccn1C)c1ccc(Cl)cc1C(=N)N. The zero-order valence-electron chi connectivity index (χ0n) is 10.9. The van der Waals surface area contributed by atoms with Crippen molar-refractivity contribution in [3.8, 4) is 0 Å². The number of hydrogen-bond acceptors (Lipinski definition) is 3. The van der Waals surface area contributed by atoms with Crippen molar-refractivity contribution >= 4 is 23.1 Å². The van der Waals surface area contributed by atoms with Gasteiger partial charge in [-0.15, -0.1) is 0 Å². The number of anilines is 1. The highest BCUT2D eigenvalue weighted by molar-refractivity contribution is 6.31. The molecule has 0 aliphatic rings. The van der Waals surface area contributed by atoms with Crippen LogP contribution in [0, 0.1) is 5.41 Å². The van der Waals surface area contributed by atoms with E-state index in [4.69, 9.17) is 22.7 Å². The minimum atomic E-state index is 0.00388. The van der Waals surface area contributed by atoms with E-state index in [9.17, 15) is 0 Å². The number of nitrogens with two attached hydrogens (primary N) is 1. The largest absolute Gasteiger partial charge is 0.384 e. The number of benzene rings is 1. The van der Waals surface area contributed by atoms with Gasteiger partial charge in [0.2, 0.25) is 0 Å². The average Bonchev–Trinajstić information content (AvgIpc) is 2.74. The van der Waals surface area contributed by atoms with Crippen molar-refractivity contribution in [3.63, 3.8) is 0 Å². The van der Waals surface area contributed by atoms with Crippen molar-refractivity contribution < 1.29 is 0 Å². The van der Waals surface area contributed by atoms with Gasteiger partial charge in [0.1, 0.15) is 11.7 Å². The molecular formula is C13H16ClN5. The van der Waals surface area contributed by atoms with Gasteiger partial charge in [-0.2, -0.15) is 0 Å². The first-order valence-electron chi connectivity index (χ1n) is 5.80. The van der Waals surface area contributed by atoms with Crippen LogP contribution in [0.3, 0.4) is 0 Å². The van der Waals surface area contributed by atoms with Gasteiger partial charge in [0.05, 0.1) is 6.54 Å². The van der Waals surface area contributed by atoms with Crippen molar-refractivity contribution in [1.29, 1.82) is 5.41 Å². The average molecular weight is 278 g/mol. The van der Waals surface area contributed by atoms with E-state index >= 15 is 0 Å². The number of rotatable bonds is 4. The Labute approximate surface area is 117 Å². The maximum atomic E-state index is 7.63. The Morgan fingerprint density at radius 2 is 2.26 bits per heavy atom. The predicted octanol–water partition coefficient (Wildman–Crippen LogP) is 1.99. The topological polar surface area (TPSA) is 70.9 Å². The van der Waals surface area contributed by atoms with Crippen LogP contribution < -0.4 is 10.6 Å². The van der Waals surface area contributed by atoms with E-state index in [0.717, 1.165) is 11.5 Å². The highest BCUT2D eigenvalue weighted by Gasteiger charge is 2.12. The summed E-state index contributed by atoms with van der Waals surface area (Å²) in [7, 11) is 3.88. The first-order chi connectivity index (χ1) is 8.99. The van der Waals surface area contributed by atoms with E-state index in [1.807, 2.05) is 35.8 Å². The van der Waals surface area contributed by atoms with Gasteiger partial charge in [0, 0.05) is 42.8 Å². The quantitative estimate of drug-likeness (QED) is 0.663. The van der Waals surface area contributed by atoms with Gasteiger partial charge in [-0.3, -0.25) is 5.41 Å². The Morgan fingerprint density at radius 3 is 2.84 bits per heavy atom. The summed E-state index contributed by atoms with van der Waals surface area (Å²) >= 11 is 5.95. The molecule has 0 aliphatic heterocycles. The summed E-state index contributed by atoms with van der Waals surface area (Å²) in [5.74, 6) is 0.941. The molecule has 3 N–H and O–H groups in total. The van der Waals surface area contributed by atoms with Crippen LogP contribution in [0.5, 0.6) is 0 Å². The van der Waals surface area contributed by atoms with Gasteiger partial charge in [0.25, 0.3) is 0 Å². The van der Waals surface area contributed by atoms with Crippen LogP contribution in [-0.4, -0.2) is 22.4 Å². The maximum Gasteiger partial charge on any atom is 0.127 e. The summed E-state index contributed by atoms with van der Waals surface area (Å²) in [5, 5.41) is 8.20. The van der Waals surface area contributed by atoms with Gasteiger partial charge < -0.3 is 15.2 Å². The Balaban J connectivity index is 2.31. The van der Waals surface area contributed by atoms with E-state index in [1.54, 1.807) is 18.3 Å². The van der Waals surface area contributed by atoms with Crippen LogP contribution in [0.1, 0.15) is 11.4 Å². The molecule has 5 nitrogen and oxygen atoms in total. The fraction of sp³-hybridized carbons (Fsp3) is 0.231. The molecular weight excluding hydrogens is 262 g/mol. The minimum Gasteiger partial charge on any atom is -0.384 e. The molecule has 0 unspecified atom stereocenters. The lowest BCUT2D eigenvalue weighted by Crippen LogP contribution is -2.23. The lowest BCUT2D eigenvalue weighted by Gasteiger charge is -2.22. The number of nitrogen functional groups attached to an aromatic ring is 1. The lowest BCUT2D eigenvalue weighted by molar-refractivity contribution is 0.761. The molecule has 0 atom stereocenters. The van der Waals surface area contributed by atoms with E-state index < -0.39 is 0 Å². The number of amidine groups is 1. The number of imidazole rings is 1. The third-order valence-electron chi connectivity index (χ3n) is 2.96. The summed E-state index contributed by atoms with van der Waals surface area (Å²) in [6.07, 6.45) is 3.66. The number of hydrogen-bond donors (Lipinski definition) is 2. The summed E-state index contributed by atoms with van der Waals surface area (Å²) in [6.45, 7) is 0.630. The molecule has 0 saturated carbocycles. The molecule has 0 fully saturated rings. The summed E-state index contributed by atoms with van der Waals surface area (Å²) in [5.41, 5.74) is 7.09. The van der Waals surface area contributed by atoms with Crippen LogP contribution in [0.25, 0.3) is 0 Å². The molecule has 0 aliphatic carbocycles. The number of aromatic nitrogens is 2. The molecule has 1 heterocycles. The second kappa shape index (κ2) is 5.32. The Bertz CT molecular complexity index is 605. The molecule has 2 aromatic rings. The monoisotopic (exact) mass is 277 g/mol. The molecule has 100 valence electrons. The van der Waals surface area contributed by atoms with Crippen LogP contribution in [-0.2, 0) is 13.6 Å². The molecule has 6 heteroatoms. The van der Waals surface area contributed by atoms with Crippen LogP contribution in [0.2, 0.25) is 5.02 Å². The zero-order chi connectivity index (χ0) is 14.0. The van der Waals surface area contributed by atoms with Gasteiger partial charge in [0.15, 0.2) is 0 Å². The smallest absolute Gasteiger partial charge is 0.127 e. The molecule has 1 aromatic heterocycles. The van der Waals surface area contributed by atoms with E-state index in [0.29, 0.717) is 17.1 Å².